The van der Waals surface area contributed by atoms with Crippen LogP contribution in [0.5, 0.6) is 11.5 Å². The predicted octanol–water partition coefficient (Wildman–Crippen LogP) is 1.54. The van der Waals surface area contributed by atoms with Gasteiger partial charge in [-0.1, -0.05) is 12.6 Å². The highest BCUT2D eigenvalue weighted by Gasteiger charge is 2.00. The topological polar surface area (TPSA) is 87.0 Å². The number of aliphatic carboxylic acids is 1. The minimum atomic E-state index is -0.935. The van der Waals surface area contributed by atoms with Gasteiger partial charge in [0.2, 0.25) is 0 Å². The normalized spacial score (nSPS) is 8.88. The molecule has 0 fully saturated rings. The zero-order valence-electron chi connectivity index (χ0n) is 9.80. The van der Waals surface area contributed by atoms with E-state index in [0.717, 1.165) is 5.56 Å². The van der Waals surface area contributed by atoms with Gasteiger partial charge in [0.15, 0.2) is 11.5 Å². The van der Waals surface area contributed by atoms with Gasteiger partial charge in [0, 0.05) is 5.57 Å². The minimum Gasteiger partial charge on any atom is -0.504 e. The van der Waals surface area contributed by atoms with E-state index in [4.69, 9.17) is 20.1 Å². The van der Waals surface area contributed by atoms with Crippen molar-refractivity contribution in [1.29, 1.82) is 0 Å². The minimum absolute atomic E-state index is 0.0450. The summed E-state index contributed by atoms with van der Waals surface area (Å²) >= 11 is 0. The van der Waals surface area contributed by atoms with Crippen molar-refractivity contribution in [3.05, 3.63) is 35.9 Å². The van der Waals surface area contributed by atoms with Crippen LogP contribution in [0.25, 0.3) is 0 Å². The van der Waals surface area contributed by atoms with Crippen LogP contribution in [-0.4, -0.2) is 28.4 Å². The maximum atomic E-state index is 9.60. The van der Waals surface area contributed by atoms with Crippen LogP contribution in [0, 0.1) is 0 Å². The van der Waals surface area contributed by atoms with E-state index < -0.39 is 5.97 Å². The summed E-state index contributed by atoms with van der Waals surface area (Å²) in [6.07, 6.45) is 0. The second-order valence-electron chi connectivity index (χ2n) is 3.25. The van der Waals surface area contributed by atoms with E-state index in [1.807, 2.05) is 0 Å². The number of benzene rings is 1. The van der Waals surface area contributed by atoms with Gasteiger partial charge in [-0.2, -0.15) is 0 Å². The molecular weight excluding hydrogens is 224 g/mol. The standard InChI is InChI=1S/C8H10O3.C4H6O2/c1-11-8-4-6(5-9)2-3-7(8)10;1-3(2)4(5)6/h2-4,9-10H,5H2,1H3;1H2,2H3,(H,5,6). The number of phenols is 1. The van der Waals surface area contributed by atoms with Crippen molar-refractivity contribution in [3.63, 3.8) is 0 Å². The Balaban J connectivity index is 0.000000366. The molecule has 0 aromatic heterocycles. The number of phenolic OH excluding ortho intramolecular Hbond substituents is 1. The van der Waals surface area contributed by atoms with E-state index in [0.29, 0.717) is 5.75 Å². The van der Waals surface area contributed by atoms with Crippen molar-refractivity contribution in [3.8, 4) is 11.5 Å². The van der Waals surface area contributed by atoms with Gasteiger partial charge in [-0.15, -0.1) is 0 Å². The van der Waals surface area contributed by atoms with Crippen molar-refractivity contribution in [2.75, 3.05) is 7.11 Å². The fourth-order valence-electron chi connectivity index (χ4n) is 0.820. The summed E-state index contributed by atoms with van der Waals surface area (Å²) in [5.41, 5.74) is 0.898. The van der Waals surface area contributed by atoms with Crippen molar-refractivity contribution < 1.29 is 24.9 Å². The Hall–Kier alpha value is -2.01. The summed E-state index contributed by atoms with van der Waals surface area (Å²) in [7, 11) is 1.47. The predicted molar refractivity (Wildman–Crippen MR) is 63.0 cm³/mol. The second kappa shape index (κ2) is 7.29. The molecule has 0 amide bonds. The number of carboxylic acid groups (broad SMARTS) is 1. The molecule has 0 heterocycles. The number of aromatic hydroxyl groups is 1. The van der Waals surface area contributed by atoms with Gasteiger partial charge in [0.1, 0.15) is 0 Å². The molecule has 0 spiro atoms. The number of hydrogen-bond donors (Lipinski definition) is 3. The molecule has 1 rings (SSSR count). The Morgan fingerprint density at radius 2 is 2.00 bits per heavy atom. The number of carboxylic acids is 1. The molecule has 5 nitrogen and oxygen atoms in total. The SMILES string of the molecule is C=C(C)C(=O)O.COc1cc(CO)ccc1O. The van der Waals surface area contributed by atoms with Gasteiger partial charge in [-0.05, 0) is 24.6 Å². The first-order chi connectivity index (χ1) is 7.92. The van der Waals surface area contributed by atoms with Crippen LogP contribution in [0.15, 0.2) is 30.4 Å². The fraction of sp³-hybridized carbons (Fsp3) is 0.250. The Morgan fingerprint density at radius 3 is 2.35 bits per heavy atom. The number of aliphatic hydroxyl groups is 1. The number of rotatable bonds is 3. The average molecular weight is 240 g/mol. The molecule has 0 saturated carbocycles. The zero-order chi connectivity index (χ0) is 13.4. The Kier molecular flexibility index (Phi) is 6.43. The lowest BCUT2D eigenvalue weighted by Gasteiger charge is -2.03. The number of hydrogen-bond acceptors (Lipinski definition) is 4. The van der Waals surface area contributed by atoms with Crippen LogP contribution in [0.4, 0.5) is 0 Å². The van der Waals surface area contributed by atoms with E-state index in [2.05, 4.69) is 6.58 Å². The van der Waals surface area contributed by atoms with E-state index in [1.165, 1.54) is 20.1 Å². The summed E-state index contributed by atoms with van der Waals surface area (Å²) in [6.45, 7) is 4.56. The number of aliphatic hydroxyl groups excluding tert-OH is 1. The third-order valence-electron chi connectivity index (χ3n) is 1.79. The molecule has 0 unspecified atom stereocenters. The van der Waals surface area contributed by atoms with Crippen LogP contribution < -0.4 is 4.74 Å². The highest BCUT2D eigenvalue weighted by Crippen LogP contribution is 2.25. The van der Waals surface area contributed by atoms with Crippen LogP contribution in [0.3, 0.4) is 0 Å². The molecule has 0 bridgehead atoms. The second-order valence-corrected chi connectivity index (χ2v) is 3.25. The van der Waals surface area contributed by atoms with Gasteiger partial charge in [0.25, 0.3) is 0 Å². The van der Waals surface area contributed by atoms with E-state index >= 15 is 0 Å². The first-order valence-electron chi connectivity index (χ1n) is 4.78. The zero-order valence-corrected chi connectivity index (χ0v) is 9.80. The first-order valence-corrected chi connectivity index (χ1v) is 4.78. The molecule has 5 heteroatoms. The molecule has 94 valence electrons. The quantitative estimate of drug-likeness (QED) is 0.697. The highest BCUT2D eigenvalue weighted by molar-refractivity contribution is 5.84. The van der Waals surface area contributed by atoms with Crippen molar-refractivity contribution in [1.82, 2.24) is 0 Å². The largest absolute Gasteiger partial charge is 0.504 e. The Labute approximate surface area is 99.6 Å². The van der Waals surface area contributed by atoms with E-state index in [-0.39, 0.29) is 17.9 Å². The van der Waals surface area contributed by atoms with Gasteiger partial charge >= 0.3 is 5.97 Å². The molecule has 3 N–H and O–H groups in total. The van der Waals surface area contributed by atoms with Gasteiger partial charge < -0.3 is 20.1 Å². The summed E-state index contributed by atoms with van der Waals surface area (Å²) in [5.74, 6) is -0.462. The summed E-state index contributed by atoms with van der Waals surface area (Å²) in [5, 5.41) is 25.7. The molecule has 0 saturated heterocycles. The lowest BCUT2D eigenvalue weighted by molar-refractivity contribution is -0.132. The van der Waals surface area contributed by atoms with Crippen LogP contribution >= 0.6 is 0 Å². The summed E-state index contributed by atoms with van der Waals surface area (Å²) in [4.78, 5) is 9.60. The Morgan fingerprint density at radius 1 is 1.47 bits per heavy atom. The van der Waals surface area contributed by atoms with Crippen LogP contribution in [0.2, 0.25) is 0 Å². The van der Waals surface area contributed by atoms with Gasteiger partial charge in [-0.3, -0.25) is 0 Å². The maximum absolute atomic E-state index is 9.60. The highest BCUT2D eigenvalue weighted by atomic mass is 16.5. The molecule has 0 aliphatic heterocycles. The smallest absolute Gasteiger partial charge is 0.330 e. The fourth-order valence-corrected chi connectivity index (χ4v) is 0.820. The molecular formula is C12H16O5. The van der Waals surface area contributed by atoms with E-state index in [1.54, 1.807) is 12.1 Å². The first kappa shape index (κ1) is 15.0. The van der Waals surface area contributed by atoms with Crippen molar-refractivity contribution >= 4 is 5.97 Å². The lowest BCUT2D eigenvalue weighted by atomic mass is 10.2. The summed E-state index contributed by atoms with van der Waals surface area (Å²) in [6, 6.07) is 4.72. The van der Waals surface area contributed by atoms with Gasteiger partial charge in [-0.25, -0.2) is 4.79 Å². The molecule has 0 aliphatic rings. The monoisotopic (exact) mass is 240 g/mol. The third kappa shape index (κ3) is 5.58. The number of methoxy groups -OCH3 is 1. The van der Waals surface area contributed by atoms with Crippen molar-refractivity contribution in [2.45, 2.75) is 13.5 Å². The molecule has 17 heavy (non-hydrogen) atoms. The third-order valence-corrected chi connectivity index (χ3v) is 1.79. The molecule has 0 radical (unpaired) electrons. The van der Waals surface area contributed by atoms with E-state index in [9.17, 15) is 4.79 Å². The molecule has 1 aromatic carbocycles. The number of ether oxygens (including phenoxy) is 1. The Bertz CT molecular complexity index is 386. The van der Waals surface area contributed by atoms with Crippen LogP contribution in [-0.2, 0) is 11.4 Å². The molecule has 0 atom stereocenters. The lowest BCUT2D eigenvalue weighted by Crippen LogP contribution is -1.92. The van der Waals surface area contributed by atoms with Crippen molar-refractivity contribution in [2.24, 2.45) is 0 Å². The van der Waals surface area contributed by atoms with Crippen LogP contribution in [0.1, 0.15) is 12.5 Å². The molecule has 1 aromatic rings. The number of carbonyl (C=O) groups is 1. The maximum Gasteiger partial charge on any atom is 0.330 e. The molecule has 0 aliphatic carbocycles. The summed E-state index contributed by atoms with van der Waals surface area (Å²) < 4.78 is 4.83. The van der Waals surface area contributed by atoms with Gasteiger partial charge in [0.05, 0.1) is 13.7 Å². The average Bonchev–Trinajstić information content (AvgIpc) is 2.30.